The summed E-state index contributed by atoms with van der Waals surface area (Å²) in [5.74, 6) is 0. The van der Waals surface area contributed by atoms with Crippen LogP contribution in [-0.4, -0.2) is 0 Å². The standard InChI is InChI=1S/C39H38P2/c1-31-19-13-16-28-37(31)41(38-29-17-14-20-32(38)2,39-30-18-15-21-33(39)3)40(34-22-7-4-8-23-34,35-24-9-5-10-25-35)36-26-11-6-12-27-36/h4-30,40-41H,1-3H3. The van der Waals surface area contributed by atoms with Crippen LogP contribution in [0.2, 0.25) is 0 Å². The van der Waals surface area contributed by atoms with E-state index in [1.807, 2.05) is 0 Å². The van der Waals surface area contributed by atoms with E-state index < -0.39 is 13.9 Å². The van der Waals surface area contributed by atoms with Crippen molar-refractivity contribution in [3.05, 3.63) is 180 Å². The fourth-order valence-electron chi connectivity index (χ4n) is 7.24. The van der Waals surface area contributed by atoms with Crippen molar-refractivity contribution < 1.29 is 0 Å². The van der Waals surface area contributed by atoms with Gasteiger partial charge >= 0.3 is 247 Å². The van der Waals surface area contributed by atoms with Crippen LogP contribution in [0.5, 0.6) is 0 Å². The zero-order chi connectivity index (χ0) is 28.3. The molecule has 0 fully saturated rings. The van der Waals surface area contributed by atoms with Crippen LogP contribution in [0, 0.1) is 20.8 Å². The third-order valence-corrected chi connectivity index (χ3v) is 26.1. The summed E-state index contributed by atoms with van der Waals surface area (Å²) in [6.45, 7) is 1.18. The van der Waals surface area contributed by atoms with Crippen molar-refractivity contribution in [1.82, 2.24) is 0 Å². The van der Waals surface area contributed by atoms with E-state index in [-0.39, 0.29) is 0 Å². The molecule has 0 radical (unpaired) electrons. The summed E-state index contributed by atoms with van der Waals surface area (Å²) in [5.41, 5.74) is 4.10. The van der Waals surface area contributed by atoms with Gasteiger partial charge in [-0.3, -0.25) is 0 Å². The van der Waals surface area contributed by atoms with Crippen molar-refractivity contribution in [3.8, 4) is 0 Å². The molecule has 0 saturated carbocycles. The summed E-state index contributed by atoms with van der Waals surface area (Å²) in [4.78, 5) is 0. The van der Waals surface area contributed by atoms with Crippen LogP contribution in [0.3, 0.4) is 0 Å². The minimum absolute atomic E-state index is 1.37. The molecule has 0 nitrogen and oxygen atoms in total. The summed E-state index contributed by atoms with van der Waals surface area (Å²) >= 11 is 0. The van der Waals surface area contributed by atoms with E-state index in [2.05, 4.69) is 185 Å². The second-order valence-electron chi connectivity index (χ2n) is 11.0. The van der Waals surface area contributed by atoms with Crippen LogP contribution < -0.4 is 31.8 Å². The van der Waals surface area contributed by atoms with Gasteiger partial charge in [0.05, 0.1) is 0 Å². The normalized spacial score (nSPS) is 12.6. The van der Waals surface area contributed by atoms with E-state index >= 15 is 0 Å². The molecule has 0 amide bonds. The molecule has 0 heterocycles. The van der Waals surface area contributed by atoms with Gasteiger partial charge in [-0.2, -0.15) is 0 Å². The molecule has 0 N–H and O–H groups in total. The topological polar surface area (TPSA) is 0 Å². The molecule has 6 aromatic carbocycles. The molecular weight excluding hydrogens is 530 g/mol. The molecule has 0 aliphatic carbocycles. The van der Waals surface area contributed by atoms with Gasteiger partial charge in [-0.05, 0) is 0 Å². The fourth-order valence-corrected chi connectivity index (χ4v) is 28.3. The summed E-state index contributed by atoms with van der Waals surface area (Å²) < 4.78 is 0. The van der Waals surface area contributed by atoms with Gasteiger partial charge < -0.3 is 0 Å². The third kappa shape index (κ3) is 4.38. The number of hydrogen-bond donors (Lipinski definition) is 0. The van der Waals surface area contributed by atoms with Crippen molar-refractivity contribution in [1.29, 1.82) is 0 Å². The molecule has 6 aromatic rings. The summed E-state index contributed by atoms with van der Waals surface area (Å²) in [5, 5.41) is 8.89. The first kappa shape index (κ1) is 27.4. The van der Waals surface area contributed by atoms with E-state index in [9.17, 15) is 0 Å². The Morgan fingerprint density at radius 1 is 0.268 bits per heavy atom. The Kier molecular flexibility index (Phi) is 7.73. The molecule has 0 atom stereocenters. The van der Waals surface area contributed by atoms with Crippen molar-refractivity contribution in [2.24, 2.45) is 0 Å². The minimum atomic E-state index is -2.92. The van der Waals surface area contributed by atoms with Crippen LogP contribution in [0.25, 0.3) is 0 Å². The number of hydrogen-bond acceptors (Lipinski definition) is 0. The molecule has 204 valence electrons. The van der Waals surface area contributed by atoms with Gasteiger partial charge in [0.25, 0.3) is 0 Å². The monoisotopic (exact) mass is 568 g/mol. The molecule has 0 aromatic heterocycles. The zero-order valence-electron chi connectivity index (χ0n) is 24.1. The van der Waals surface area contributed by atoms with E-state index in [1.165, 1.54) is 48.5 Å². The zero-order valence-corrected chi connectivity index (χ0v) is 26.1. The molecule has 0 unspecified atom stereocenters. The van der Waals surface area contributed by atoms with E-state index in [1.54, 1.807) is 0 Å². The molecule has 6 rings (SSSR count). The second kappa shape index (κ2) is 11.6. The molecule has 41 heavy (non-hydrogen) atoms. The Hall–Kier alpha value is -3.82. The molecule has 0 bridgehead atoms. The number of rotatable bonds is 7. The van der Waals surface area contributed by atoms with Crippen LogP contribution in [0.1, 0.15) is 16.7 Å². The van der Waals surface area contributed by atoms with Gasteiger partial charge in [0, 0.05) is 0 Å². The summed E-state index contributed by atoms with van der Waals surface area (Å²) in [6, 6.07) is 62.2. The van der Waals surface area contributed by atoms with Gasteiger partial charge in [-0.15, -0.1) is 0 Å². The van der Waals surface area contributed by atoms with Gasteiger partial charge in [-0.25, -0.2) is 0 Å². The molecule has 2 heteroatoms. The molecule has 0 aliphatic heterocycles. The van der Waals surface area contributed by atoms with Crippen molar-refractivity contribution in [3.63, 3.8) is 0 Å². The number of benzene rings is 6. The first-order chi connectivity index (χ1) is 20.1. The SMILES string of the molecule is Cc1ccccc1[PH](c1ccccc1C)(c1ccccc1C)[PH](c1ccccc1)(c1ccccc1)c1ccccc1. The van der Waals surface area contributed by atoms with Gasteiger partial charge in [0.15, 0.2) is 0 Å². The van der Waals surface area contributed by atoms with Crippen LogP contribution in [-0.2, 0) is 0 Å². The Bertz CT molecular complexity index is 1550. The average Bonchev–Trinajstić information content (AvgIpc) is 3.03. The quantitative estimate of drug-likeness (QED) is 0.178. The number of aryl methyl sites for hydroxylation is 3. The molecule has 0 saturated heterocycles. The van der Waals surface area contributed by atoms with Crippen molar-refractivity contribution in [2.75, 3.05) is 0 Å². The first-order valence-corrected chi connectivity index (χ1v) is 19.5. The first-order valence-electron chi connectivity index (χ1n) is 14.5. The second-order valence-corrected chi connectivity index (χ2v) is 21.9. The average molecular weight is 569 g/mol. The van der Waals surface area contributed by atoms with Gasteiger partial charge in [0.2, 0.25) is 0 Å². The van der Waals surface area contributed by atoms with E-state index in [0.717, 1.165) is 0 Å². The van der Waals surface area contributed by atoms with Crippen LogP contribution >= 0.6 is 13.9 Å². The van der Waals surface area contributed by atoms with Gasteiger partial charge in [0.1, 0.15) is 0 Å². The van der Waals surface area contributed by atoms with Gasteiger partial charge in [-0.1, -0.05) is 0 Å². The molecular formula is C39H38P2. The van der Waals surface area contributed by atoms with E-state index in [4.69, 9.17) is 0 Å². The van der Waals surface area contributed by atoms with Crippen molar-refractivity contribution >= 4 is 45.7 Å². The Labute approximate surface area is 246 Å². The maximum absolute atomic E-state index is 2.92. The maximum atomic E-state index is 2.46. The van der Waals surface area contributed by atoms with Crippen molar-refractivity contribution in [2.45, 2.75) is 20.8 Å². The van der Waals surface area contributed by atoms with Crippen LogP contribution in [0.4, 0.5) is 0 Å². The Morgan fingerprint density at radius 3 is 0.780 bits per heavy atom. The molecule has 0 spiro atoms. The summed E-state index contributed by atoms with van der Waals surface area (Å²) in [6.07, 6.45) is 0. The Balaban J connectivity index is 2.01. The predicted molar refractivity (Wildman–Crippen MR) is 187 cm³/mol. The van der Waals surface area contributed by atoms with Crippen LogP contribution in [0.15, 0.2) is 164 Å². The summed E-state index contributed by atoms with van der Waals surface area (Å²) in [7, 11) is 0. The fraction of sp³-hybridized carbons (Fsp3) is 0.0769. The predicted octanol–water partition coefficient (Wildman–Crippen LogP) is 7.28. The third-order valence-electron chi connectivity index (χ3n) is 8.83. The Morgan fingerprint density at radius 2 is 0.512 bits per heavy atom. The van der Waals surface area contributed by atoms with E-state index in [0.29, 0.717) is 0 Å². The molecule has 0 aliphatic rings.